The highest BCUT2D eigenvalue weighted by Gasteiger charge is 2.15. The van der Waals surface area contributed by atoms with E-state index in [-0.39, 0.29) is 10.6 Å². The molecular weight excluding hydrogens is 288 g/mol. The van der Waals surface area contributed by atoms with E-state index in [0.29, 0.717) is 18.3 Å². The van der Waals surface area contributed by atoms with Crippen LogP contribution in [0.4, 0.5) is 5.69 Å². The van der Waals surface area contributed by atoms with Gasteiger partial charge in [0.2, 0.25) is 0 Å². The highest BCUT2D eigenvalue weighted by molar-refractivity contribution is 6.32. The zero-order valence-electron chi connectivity index (χ0n) is 12.9. The van der Waals surface area contributed by atoms with Gasteiger partial charge in [-0.2, -0.15) is 5.10 Å². The second kappa shape index (κ2) is 7.80. The molecule has 21 heavy (non-hydrogen) atoms. The van der Waals surface area contributed by atoms with E-state index in [0.717, 1.165) is 19.4 Å². The number of anilines is 1. The number of hydrogen-bond donors (Lipinski definition) is 1. The van der Waals surface area contributed by atoms with Gasteiger partial charge in [0.1, 0.15) is 5.02 Å². The average molecular weight is 313 g/mol. The minimum absolute atomic E-state index is 0.211. The number of hydrogen-bond acceptors (Lipinski definition) is 4. The average Bonchev–Trinajstić information content (AvgIpc) is 2.71. The summed E-state index contributed by atoms with van der Waals surface area (Å²) in [7, 11) is 3.93. The standard InChI is InChI=1S/C15H25ClN4O/c1-19(2)9-10-20-15(21)14(16)13(11-17-20)18-12-7-5-3-4-6-8-12/h11-12,18H,3-10H2,1-2H3. The minimum atomic E-state index is -0.211. The molecule has 5 nitrogen and oxygen atoms in total. The Bertz CT molecular complexity index is 507. The molecule has 1 heterocycles. The van der Waals surface area contributed by atoms with E-state index in [4.69, 9.17) is 11.6 Å². The maximum absolute atomic E-state index is 12.2. The van der Waals surface area contributed by atoms with E-state index in [2.05, 4.69) is 10.4 Å². The van der Waals surface area contributed by atoms with Gasteiger partial charge in [-0.15, -0.1) is 0 Å². The molecule has 0 unspecified atom stereocenters. The number of halogens is 1. The Hall–Kier alpha value is -1.07. The van der Waals surface area contributed by atoms with E-state index in [9.17, 15) is 4.79 Å². The Labute approximate surface area is 131 Å². The first-order chi connectivity index (χ1) is 10.1. The molecule has 0 atom stereocenters. The molecule has 1 fully saturated rings. The lowest BCUT2D eigenvalue weighted by Gasteiger charge is -2.18. The molecule has 0 saturated heterocycles. The highest BCUT2D eigenvalue weighted by atomic mass is 35.5. The molecule has 0 spiro atoms. The van der Waals surface area contributed by atoms with E-state index in [1.165, 1.54) is 30.4 Å². The zero-order valence-corrected chi connectivity index (χ0v) is 13.7. The normalized spacial score (nSPS) is 17.0. The fraction of sp³-hybridized carbons (Fsp3) is 0.733. The predicted octanol–water partition coefficient (Wildman–Crippen LogP) is 2.59. The lowest BCUT2D eigenvalue weighted by molar-refractivity contribution is 0.367. The van der Waals surface area contributed by atoms with Crippen LogP contribution in [0.2, 0.25) is 5.02 Å². The molecule has 0 bridgehead atoms. The third-order valence-electron chi connectivity index (χ3n) is 3.96. The van der Waals surface area contributed by atoms with Crippen LogP contribution >= 0.6 is 11.6 Å². The number of rotatable bonds is 5. The minimum Gasteiger partial charge on any atom is -0.380 e. The Morgan fingerprint density at radius 3 is 2.62 bits per heavy atom. The van der Waals surface area contributed by atoms with Gasteiger partial charge >= 0.3 is 0 Å². The molecule has 6 heteroatoms. The monoisotopic (exact) mass is 312 g/mol. The van der Waals surface area contributed by atoms with Crippen molar-refractivity contribution in [3.63, 3.8) is 0 Å². The van der Waals surface area contributed by atoms with Crippen LogP contribution in [-0.2, 0) is 6.54 Å². The maximum Gasteiger partial charge on any atom is 0.287 e. The third kappa shape index (κ3) is 4.71. The van der Waals surface area contributed by atoms with Crippen LogP contribution in [0, 0.1) is 0 Å². The first kappa shape index (κ1) is 16.3. The van der Waals surface area contributed by atoms with Gasteiger partial charge < -0.3 is 10.2 Å². The summed E-state index contributed by atoms with van der Waals surface area (Å²) in [5.74, 6) is 0. The van der Waals surface area contributed by atoms with Gasteiger partial charge in [0.05, 0.1) is 18.4 Å². The van der Waals surface area contributed by atoms with Crippen LogP contribution in [0.1, 0.15) is 38.5 Å². The highest BCUT2D eigenvalue weighted by Crippen LogP contribution is 2.23. The number of nitrogens with one attached hydrogen (secondary N) is 1. The summed E-state index contributed by atoms with van der Waals surface area (Å²) in [6, 6.07) is 0.406. The summed E-state index contributed by atoms with van der Waals surface area (Å²) < 4.78 is 1.43. The summed E-state index contributed by atoms with van der Waals surface area (Å²) in [6.07, 6.45) is 9.04. The molecule has 1 N–H and O–H groups in total. The predicted molar refractivity (Wildman–Crippen MR) is 87.2 cm³/mol. The quantitative estimate of drug-likeness (QED) is 0.849. The molecule has 1 saturated carbocycles. The Morgan fingerprint density at radius 2 is 2.00 bits per heavy atom. The van der Waals surface area contributed by atoms with Crippen molar-refractivity contribution < 1.29 is 0 Å². The molecule has 0 radical (unpaired) electrons. The molecule has 1 aliphatic carbocycles. The lowest BCUT2D eigenvalue weighted by atomic mass is 10.1. The summed E-state index contributed by atoms with van der Waals surface area (Å²) in [5.41, 5.74) is 0.465. The third-order valence-corrected chi connectivity index (χ3v) is 4.32. The van der Waals surface area contributed by atoms with Crippen LogP contribution in [-0.4, -0.2) is 41.4 Å². The second-order valence-corrected chi connectivity index (χ2v) is 6.41. The zero-order chi connectivity index (χ0) is 15.2. The summed E-state index contributed by atoms with van der Waals surface area (Å²) in [5, 5.41) is 7.89. The van der Waals surface area contributed by atoms with Gasteiger partial charge in [0, 0.05) is 12.6 Å². The Kier molecular flexibility index (Phi) is 6.06. The Balaban J connectivity index is 2.07. The van der Waals surface area contributed by atoms with Crippen LogP contribution in [0.5, 0.6) is 0 Å². The van der Waals surface area contributed by atoms with E-state index >= 15 is 0 Å². The number of nitrogens with zero attached hydrogens (tertiary/aromatic N) is 3. The van der Waals surface area contributed by atoms with E-state index in [1.807, 2.05) is 19.0 Å². The summed E-state index contributed by atoms with van der Waals surface area (Å²) >= 11 is 6.22. The molecule has 1 aromatic heterocycles. The van der Waals surface area contributed by atoms with Crippen LogP contribution < -0.4 is 10.9 Å². The first-order valence-electron chi connectivity index (χ1n) is 7.75. The number of likely N-dealkylation sites (N-methyl/N-ethyl adjacent to an activating group) is 1. The molecule has 0 aliphatic heterocycles. The van der Waals surface area contributed by atoms with Crippen molar-refractivity contribution in [2.45, 2.75) is 51.1 Å². The first-order valence-corrected chi connectivity index (χ1v) is 8.12. The van der Waals surface area contributed by atoms with Gasteiger partial charge in [-0.3, -0.25) is 4.79 Å². The van der Waals surface area contributed by atoms with Crippen LogP contribution in [0.15, 0.2) is 11.0 Å². The molecule has 0 aromatic carbocycles. The van der Waals surface area contributed by atoms with Crippen molar-refractivity contribution in [3.05, 3.63) is 21.6 Å². The molecule has 118 valence electrons. The molecule has 0 amide bonds. The lowest BCUT2D eigenvalue weighted by Crippen LogP contribution is -2.30. The maximum atomic E-state index is 12.2. The van der Waals surface area contributed by atoms with Gasteiger partial charge in [0.25, 0.3) is 5.56 Å². The topological polar surface area (TPSA) is 50.2 Å². The Morgan fingerprint density at radius 1 is 1.33 bits per heavy atom. The van der Waals surface area contributed by atoms with E-state index < -0.39 is 0 Å². The number of aromatic nitrogens is 2. The molecule has 2 rings (SSSR count). The summed E-state index contributed by atoms with van der Waals surface area (Å²) in [6.45, 7) is 1.31. The van der Waals surface area contributed by atoms with Crippen molar-refractivity contribution in [1.82, 2.24) is 14.7 Å². The van der Waals surface area contributed by atoms with Crippen molar-refractivity contribution in [1.29, 1.82) is 0 Å². The van der Waals surface area contributed by atoms with Gasteiger partial charge in [-0.05, 0) is 26.9 Å². The molecule has 1 aliphatic rings. The van der Waals surface area contributed by atoms with Crippen LogP contribution in [0.3, 0.4) is 0 Å². The summed E-state index contributed by atoms with van der Waals surface area (Å²) in [4.78, 5) is 14.2. The fourth-order valence-corrected chi connectivity index (χ4v) is 2.86. The largest absolute Gasteiger partial charge is 0.380 e. The van der Waals surface area contributed by atoms with Gasteiger partial charge in [-0.25, -0.2) is 4.68 Å². The van der Waals surface area contributed by atoms with E-state index in [1.54, 1.807) is 6.20 Å². The van der Waals surface area contributed by atoms with Crippen molar-refractivity contribution in [3.8, 4) is 0 Å². The molecular formula is C15H25ClN4O. The SMILES string of the molecule is CN(C)CCn1ncc(NC2CCCCCC2)c(Cl)c1=O. The van der Waals surface area contributed by atoms with Crippen molar-refractivity contribution in [2.75, 3.05) is 26.0 Å². The van der Waals surface area contributed by atoms with Crippen LogP contribution in [0.25, 0.3) is 0 Å². The van der Waals surface area contributed by atoms with Gasteiger partial charge in [-0.1, -0.05) is 37.3 Å². The molecule has 1 aromatic rings. The van der Waals surface area contributed by atoms with Gasteiger partial charge in [0.15, 0.2) is 0 Å². The smallest absolute Gasteiger partial charge is 0.287 e. The van der Waals surface area contributed by atoms with Crippen molar-refractivity contribution >= 4 is 17.3 Å². The fourth-order valence-electron chi connectivity index (χ4n) is 2.66. The van der Waals surface area contributed by atoms with Crippen molar-refractivity contribution in [2.24, 2.45) is 0 Å². The second-order valence-electron chi connectivity index (χ2n) is 6.04.